The maximum atomic E-state index is 12.0. The average molecular weight is 290 g/mol. The molecule has 0 fully saturated rings. The molecule has 0 saturated heterocycles. The van der Waals surface area contributed by atoms with Crippen molar-refractivity contribution in [2.75, 3.05) is 13.7 Å². The van der Waals surface area contributed by atoms with E-state index in [1.807, 2.05) is 0 Å². The molecule has 1 rings (SSSR count). The van der Waals surface area contributed by atoms with Crippen molar-refractivity contribution in [1.29, 1.82) is 0 Å². The van der Waals surface area contributed by atoms with Gasteiger partial charge in [0.1, 0.15) is 5.75 Å². The Morgan fingerprint density at radius 1 is 1.53 bits per heavy atom. The second-order valence-corrected chi connectivity index (χ2v) is 5.48. The smallest absolute Gasteiger partial charge is 0.293 e. The number of nitro benzene ring substituents is 1. The molecule has 8 nitrogen and oxygen atoms in total. The third kappa shape index (κ3) is 3.63. The normalized spacial score (nSPS) is 13.0. The van der Waals surface area contributed by atoms with Crippen LogP contribution in [0.2, 0.25) is 0 Å². The largest absolute Gasteiger partial charge is 0.497 e. The zero-order valence-electron chi connectivity index (χ0n) is 10.4. The lowest BCUT2D eigenvalue weighted by molar-refractivity contribution is -0.387. The molecule has 19 heavy (non-hydrogen) atoms. The molecule has 106 valence electrons. The second-order valence-electron chi connectivity index (χ2n) is 3.80. The molecule has 1 aromatic carbocycles. The van der Waals surface area contributed by atoms with Gasteiger partial charge in [0.2, 0.25) is 10.0 Å². The summed E-state index contributed by atoms with van der Waals surface area (Å²) in [6.45, 7) is 1.02. The van der Waals surface area contributed by atoms with E-state index in [0.717, 1.165) is 12.1 Å². The van der Waals surface area contributed by atoms with Crippen LogP contribution in [0, 0.1) is 10.1 Å². The van der Waals surface area contributed by atoms with Crippen LogP contribution < -0.4 is 9.46 Å². The standard InChI is InChI=1S/C10H14N2O6S/c1-7(6-13)11-19(16,17)10-4-3-8(18-2)5-9(10)12(14)15/h3-5,7,11,13H,6H2,1-2H3/t7-/m0/s1. The van der Waals surface area contributed by atoms with E-state index in [0.29, 0.717) is 0 Å². The van der Waals surface area contributed by atoms with Crippen molar-refractivity contribution in [3.8, 4) is 5.75 Å². The van der Waals surface area contributed by atoms with Crippen LogP contribution in [-0.4, -0.2) is 38.2 Å². The van der Waals surface area contributed by atoms with Crippen molar-refractivity contribution in [1.82, 2.24) is 4.72 Å². The number of hydrogen-bond acceptors (Lipinski definition) is 6. The van der Waals surface area contributed by atoms with Gasteiger partial charge in [0.05, 0.1) is 24.7 Å². The molecule has 0 radical (unpaired) electrons. The number of nitrogens with one attached hydrogen (secondary N) is 1. The molecule has 0 aliphatic heterocycles. The topological polar surface area (TPSA) is 119 Å². The summed E-state index contributed by atoms with van der Waals surface area (Å²) in [5.41, 5.74) is -0.586. The number of hydrogen-bond donors (Lipinski definition) is 2. The van der Waals surface area contributed by atoms with Crippen molar-refractivity contribution in [3.05, 3.63) is 28.3 Å². The summed E-state index contributed by atoms with van der Waals surface area (Å²) < 4.78 is 30.9. The molecule has 0 saturated carbocycles. The van der Waals surface area contributed by atoms with E-state index in [1.54, 1.807) is 0 Å². The molecule has 0 spiro atoms. The van der Waals surface area contributed by atoms with Crippen LogP contribution in [0.3, 0.4) is 0 Å². The maximum Gasteiger partial charge on any atom is 0.293 e. The molecule has 2 N–H and O–H groups in total. The molecular weight excluding hydrogens is 276 g/mol. The highest BCUT2D eigenvalue weighted by Gasteiger charge is 2.27. The Hall–Kier alpha value is -1.71. The molecule has 0 aliphatic rings. The molecule has 0 bridgehead atoms. The van der Waals surface area contributed by atoms with E-state index in [2.05, 4.69) is 4.72 Å². The Labute approximate surface area is 110 Å². The number of aliphatic hydroxyl groups is 1. The number of nitrogens with zero attached hydrogens (tertiary/aromatic N) is 1. The zero-order chi connectivity index (χ0) is 14.6. The molecule has 1 atom stereocenters. The summed E-state index contributed by atoms with van der Waals surface area (Å²) in [5.74, 6) is 0.181. The molecule has 1 aromatic rings. The van der Waals surface area contributed by atoms with Gasteiger partial charge in [0.25, 0.3) is 5.69 Å². The number of aliphatic hydroxyl groups excluding tert-OH is 1. The molecule has 0 amide bonds. The second kappa shape index (κ2) is 5.95. The number of ether oxygens (including phenoxy) is 1. The van der Waals surface area contributed by atoms with Gasteiger partial charge in [-0.05, 0) is 19.1 Å². The third-order valence-corrected chi connectivity index (χ3v) is 3.92. The van der Waals surface area contributed by atoms with Crippen LogP contribution >= 0.6 is 0 Å². The number of benzene rings is 1. The zero-order valence-corrected chi connectivity index (χ0v) is 11.2. The van der Waals surface area contributed by atoms with E-state index in [9.17, 15) is 18.5 Å². The summed E-state index contributed by atoms with van der Waals surface area (Å²) in [4.78, 5) is 9.62. The van der Waals surface area contributed by atoms with Gasteiger partial charge in [0.15, 0.2) is 4.90 Å². The lowest BCUT2D eigenvalue weighted by atomic mass is 10.3. The van der Waals surface area contributed by atoms with E-state index >= 15 is 0 Å². The van der Waals surface area contributed by atoms with E-state index in [-0.39, 0.29) is 5.75 Å². The summed E-state index contributed by atoms with van der Waals surface area (Å²) in [6.07, 6.45) is 0. The average Bonchev–Trinajstić information content (AvgIpc) is 2.37. The lowest BCUT2D eigenvalue weighted by Crippen LogP contribution is -2.35. The molecule has 0 heterocycles. The minimum atomic E-state index is -4.08. The first-order valence-corrected chi connectivity index (χ1v) is 6.75. The van der Waals surface area contributed by atoms with Crippen LogP contribution in [0.15, 0.2) is 23.1 Å². The highest BCUT2D eigenvalue weighted by Crippen LogP contribution is 2.28. The van der Waals surface area contributed by atoms with Crippen LogP contribution in [0.5, 0.6) is 5.75 Å². The minimum absolute atomic E-state index is 0.181. The first-order valence-electron chi connectivity index (χ1n) is 5.27. The SMILES string of the molecule is COc1ccc(S(=O)(=O)N[C@@H](C)CO)c([N+](=O)[O-])c1. The van der Waals surface area contributed by atoms with Gasteiger partial charge in [-0.15, -0.1) is 0 Å². The van der Waals surface area contributed by atoms with E-state index in [1.165, 1.54) is 20.1 Å². The number of nitro groups is 1. The molecule has 9 heteroatoms. The quantitative estimate of drug-likeness (QED) is 0.573. The Bertz CT molecular complexity index is 571. The monoisotopic (exact) mass is 290 g/mol. The first-order chi connectivity index (χ1) is 8.81. The van der Waals surface area contributed by atoms with Crippen molar-refractivity contribution < 1.29 is 23.2 Å². The number of rotatable bonds is 6. The lowest BCUT2D eigenvalue weighted by Gasteiger charge is -2.12. The predicted molar refractivity (Wildman–Crippen MR) is 66.5 cm³/mol. The van der Waals surface area contributed by atoms with Crippen LogP contribution in [0.1, 0.15) is 6.92 Å². The Kier molecular flexibility index (Phi) is 4.81. The maximum absolute atomic E-state index is 12.0. The summed E-state index contributed by atoms with van der Waals surface area (Å²) in [6, 6.07) is 2.68. The van der Waals surface area contributed by atoms with Crippen LogP contribution in [-0.2, 0) is 10.0 Å². The minimum Gasteiger partial charge on any atom is -0.497 e. The van der Waals surface area contributed by atoms with Gasteiger partial charge >= 0.3 is 0 Å². The first kappa shape index (κ1) is 15.3. The van der Waals surface area contributed by atoms with Crippen LogP contribution in [0.25, 0.3) is 0 Å². The van der Waals surface area contributed by atoms with Gasteiger partial charge in [0, 0.05) is 6.04 Å². The van der Waals surface area contributed by atoms with E-state index in [4.69, 9.17) is 9.84 Å². The van der Waals surface area contributed by atoms with Crippen LogP contribution in [0.4, 0.5) is 5.69 Å². The fourth-order valence-electron chi connectivity index (χ4n) is 1.36. The molecule has 0 aliphatic carbocycles. The van der Waals surface area contributed by atoms with Crippen molar-refractivity contribution in [2.45, 2.75) is 17.9 Å². The highest BCUT2D eigenvalue weighted by molar-refractivity contribution is 7.89. The van der Waals surface area contributed by atoms with Gasteiger partial charge < -0.3 is 9.84 Å². The summed E-state index contributed by atoms with van der Waals surface area (Å²) >= 11 is 0. The van der Waals surface area contributed by atoms with Crippen molar-refractivity contribution in [3.63, 3.8) is 0 Å². The summed E-state index contributed by atoms with van der Waals surface area (Å²) in [5, 5.41) is 19.7. The fraction of sp³-hybridized carbons (Fsp3) is 0.400. The van der Waals surface area contributed by atoms with Gasteiger partial charge in [-0.1, -0.05) is 0 Å². The van der Waals surface area contributed by atoms with Gasteiger partial charge in [-0.25, -0.2) is 13.1 Å². The third-order valence-electron chi connectivity index (χ3n) is 2.28. The molecule has 0 aromatic heterocycles. The summed E-state index contributed by atoms with van der Waals surface area (Å²) in [7, 11) is -2.76. The van der Waals surface area contributed by atoms with E-state index < -0.39 is 38.2 Å². The predicted octanol–water partition coefficient (Wildman–Crippen LogP) is 0.263. The number of sulfonamides is 1. The Balaban J connectivity index is 3.30. The van der Waals surface area contributed by atoms with Gasteiger partial charge in [-0.3, -0.25) is 10.1 Å². The highest BCUT2D eigenvalue weighted by atomic mass is 32.2. The van der Waals surface area contributed by atoms with Gasteiger partial charge in [-0.2, -0.15) is 0 Å². The molecule has 0 unspecified atom stereocenters. The Morgan fingerprint density at radius 3 is 2.63 bits per heavy atom. The fourth-order valence-corrected chi connectivity index (χ4v) is 2.75. The molecular formula is C10H14N2O6S. The Morgan fingerprint density at radius 2 is 2.16 bits per heavy atom. The van der Waals surface area contributed by atoms with Crippen molar-refractivity contribution in [2.24, 2.45) is 0 Å². The number of methoxy groups -OCH3 is 1. The van der Waals surface area contributed by atoms with Crippen molar-refractivity contribution >= 4 is 15.7 Å².